The summed E-state index contributed by atoms with van der Waals surface area (Å²) in [6.07, 6.45) is 7.04. The van der Waals surface area contributed by atoms with Crippen molar-refractivity contribution in [2.75, 3.05) is 26.7 Å². The predicted molar refractivity (Wildman–Crippen MR) is 90.2 cm³/mol. The van der Waals surface area contributed by atoms with Crippen molar-refractivity contribution >= 4 is 0 Å². The van der Waals surface area contributed by atoms with Crippen molar-refractivity contribution in [3.8, 4) is 0 Å². The second-order valence-electron chi connectivity index (χ2n) is 9.40. The van der Waals surface area contributed by atoms with Crippen LogP contribution in [0.2, 0.25) is 0 Å². The van der Waals surface area contributed by atoms with Crippen LogP contribution in [0.25, 0.3) is 0 Å². The normalized spacial score (nSPS) is 20.4. The molecule has 1 aliphatic carbocycles. The highest BCUT2D eigenvalue weighted by atomic mass is 15.1. The molecule has 0 atom stereocenters. The Morgan fingerprint density at radius 1 is 0.950 bits per heavy atom. The van der Waals surface area contributed by atoms with Gasteiger partial charge in [-0.3, -0.25) is 0 Å². The summed E-state index contributed by atoms with van der Waals surface area (Å²) in [6, 6.07) is 0. The lowest BCUT2D eigenvalue weighted by Crippen LogP contribution is -2.50. The molecule has 1 aliphatic rings. The van der Waals surface area contributed by atoms with Crippen LogP contribution in [0, 0.1) is 10.8 Å². The van der Waals surface area contributed by atoms with Gasteiger partial charge in [-0.1, -0.05) is 40.0 Å². The van der Waals surface area contributed by atoms with Gasteiger partial charge in [-0.2, -0.15) is 0 Å². The van der Waals surface area contributed by atoms with Gasteiger partial charge in [-0.05, 0) is 51.5 Å². The maximum absolute atomic E-state index is 3.77. The molecule has 0 aromatic rings. The van der Waals surface area contributed by atoms with Crippen LogP contribution in [0.15, 0.2) is 0 Å². The van der Waals surface area contributed by atoms with Crippen LogP contribution in [0.5, 0.6) is 0 Å². The zero-order valence-electron chi connectivity index (χ0n) is 15.1. The molecule has 120 valence electrons. The molecule has 0 heterocycles. The Kier molecular flexibility index (Phi) is 6.10. The van der Waals surface area contributed by atoms with Gasteiger partial charge in [-0.15, -0.1) is 0 Å². The minimum absolute atomic E-state index is 0.229. The Morgan fingerprint density at radius 2 is 1.50 bits per heavy atom. The quantitative estimate of drug-likeness (QED) is 0.808. The number of hydrogen-bond acceptors (Lipinski definition) is 2. The van der Waals surface area contributed by atoms with E-state index in [0.717, 1.165) is 0 Å². The second-order valence-corrected chi connectivity index (χ2v) is 9.40. The van der Waals surface area contributed by atoms with Gasteiger partial charge in [0.05, 0.1) is 0 Å². The summed E-state index contributed by atoms with van der Waals surface area (Å²) >= 11 is 0. The molecule has 0 saturated heterocycles. The summed E-state index contributed by atoms with van der Waals surface area (Å²) in [6.45, 7) is 17.5. The second kappa shape index (κ2) is 6.79. The fraction of sp³-hybridized carbons (Fsp3) is 1.00. The van der Waals surface area contributed by atoms with Crippen molar-refractivity contribution in [2.45, 2.75) is 79.2 Å². The summed E-state index contributed by atoms with van der Waals surface area (Å²) in [4.78, 5) is 2.57. The molecule has 1 rings (SSSR count). The third-order valence-electron chi connectivity index (χ3n) is 4.26. The van der Waals surface area contributed by atoms with Crippen molar-refractivity contribution in [1.29, 1.82) is 0 Å². The van der Waals surface area contributed by atoms with E-state index in [4.69, 9.17) is 0 Å². The molecule has 0 unspecified atom stereocenters. The molecule has 2 nitrogen and oxygen atoms in total. The van der Waals surface area contributed by atoms with Gasteiger partial charge in [0.1, 0.15) is 0 Å². The Balaban J connectivity index is 2.63. The van der Waals surface area contributed by atoms with Crippen LogP contribution in [-0.2, 0) is 0 Å². The Bertz CT molecular complexity index is 277. The maximum atomic E-state index is 3.77. The average molecular weight is 283 g/mol. The van der Waals surface area contributed by atoms with Crippen molar-refractivity contribution < 1.29 is 0 Å². The fourth-order valence-electron chi connectivity index (χ4n) is 3.58. The summed E-state index contributed by atoms with van der Waals surface area (Å²) < 4.78 is 0. The first kappa shape index (κ1) is 18.0. The van der Waals surface area contributed by atoms with Crippen LogP contribution in [-0.4, -0.2) is 37.1 Å². The first-order valence-corrected chi connectivity index (χ1v) is 8.45. The monoisotopic (exact) mass is 282 g/mol. The average Bonchev–Trinajstić information content (AvgIpc) is 2.24. The van der Waals surface area contributed by atoms with Gasteiger partial charge in [0.15, 0.2) is 0 Å². The first-order chi connectivity index (χ1) is 9.02. The number of rotatable bonds is 5. The molecule has 2 heteroatoms. The molecular formula is C18H38N2. The van der Waals surface area contributed by atoms with Crippen LogP contribution in [0.4, 0.5) is 0 Å². The molecule has 0 aromatic carbocycles. The molecule has 20 heavy (non-hydrogen) atoms. The molecule has 0 amide bonds. The van der Waals surface area contributed by atoms with Crippen molar-refractivity contribution in [3.05, 3.63) is 0 Å². The Hall–Kier alpha value is -0.0800. The highest BCUT2D eigenvalue weighted by molar-refractivity contribution is 4.90. The summed E-state index contributed by atoms with van der Waals surface area (Å²) in [5.41, 5.74) is 1.11. The molecule has 1 N–H and O–H groups in total. The molecule has 1 fully saturated rings. The number of hydrogen-bond donors (Lipinski definition) is 1. The lowest BCUT2D eigenvalue weighted by Gasteiger charge is -2.43. The molecule has 0 radical (unpaired) electrons. The topological polar surface area (TPSA) is 15.3 Å². The number of nitrogens with one attached hydrogen (secondary N) is 1. The van der Waals surface area contributed by atoms with Gasteiger partial charge < -0.3 is 10.2 Å². The van der Waals surface area contributed by atoms with Crippen LogP contribution in [0.1, 0.15) is 73.6 Å². The fourth-order valence-corrected chi connectivity index (χ4v) is 3.58. The molecule has 1 saturated carbocycles. The van der Waals surface area contributed by atoms with Crippen LogP contribution in [0.3, 0.4) is 0 Å². The SMILES string of the molecule is CN(CC(C)(C)C)CC1(CNC(C)(C)C)CCCCC1. The van der Waals surface area contributed by atoms with Crippen LogP contribution >= 0.6 is 0 Å². The van der Waals surface area contributed by atoms with E-state index < -0.39 is 0 Å². The minimum atomic E-state index is 0.229. The van der Waals surface area contributed by atoms with Gasteiger partial charge in [0.25, 0.3) is 0 Å². The van der Waals surface area contributed by atoms with Gasteiger partial charge >= 0.3 is 0 Å². The van der Waals surface area contributed by atoms with E-state index in [1.165, 1.54) is 51.7 Å². The lowest BCUT2D eigenvalue weighted by molar-refractivity contribution is 0.0909. The molecular weight excluding hydrogens is 244 g/mol. The Labute approximate surface area is 127 Å². The smallest absolute Gasteiger partial charge is 0.00967 e. The zero-order chi connectivity index (χ0) is 15.4. The third kappa shape index (κ3) is 7.08. The van der Waals surface area contributed by atoms with E-state index in [2.05, 4.69) is 58.8 Å². The zero-order valence-corrected chi connectivity index (χ0v) is 15.1. The van der Waals surface area contributed by atoms with Gasteiger partial charge in [0.2, 0.25) is 0 Å². The molecule has 0 aliphatic heterocycles. The third-order valence-corrected chi connectivity index (χ3v) is 4.26. The van der Waals surface area contributed by atoms with E-state index >= 15 is 0 Å². The lowest BCUT2D eigenvalue weighted by atomic mass is 9.73. The van der Waals surface area contributed by atoms with Crippen LogP contribution < -0.4 is 5.32 Å². The van der Waals surface area contributed by atoms with Crippen molar-refractivity contribution in [3.63, 3.8) is 0 Å². The van der Waals surface area contributed by atoms with Gasteiger partial charge in [0, 0.05) is 25.2 Å². The molecule has 0 spiro atoms. The van der Waals surface area contributed by atoms with E-state index in [1.807, 2.05) is 0 Å². The number of nitrogens with zero attached hydrogens (tertiary/aromatic N) is 1. The van der Waals surface area contributed by atoms with E-state index in [1.54, 1.807) is 0 Å². The summed E-state index contributed by atoms with van der Waals surface area (Å²) in [5.74, 6) is 0. The highest BCUT2D eigenvalue weighted by Crippen LogP contribution is 2.37. The summed E-state index contributed by atoms with van der Waals surface area (Å²) in [7, 11) is 2.30. The summed E-state index contributed by atoms with van der Waals surface area (Å²) in [5, 5.41) is 3.77. The maximum Gasteiger partial charge on any atom is 0.00967 e. The highest BCUT2D eigenvalue weighted by Gasteiger charge is 2.34. The van der Waals surface area contributed by atoms with Crippen molar-refractivity contribution in [1.82, 2.24) is 10.2 Å². The molecule has 0 bridgehead atoms. The predicted octanol–water partition coefficient (Wildman–Crippen LogP) is 4.30. The Morgan fingerprint density at radius 3 is 1.95 bits per heavy atom. The van der Waals surface area contributed by atoms with Gasteiger partial charge in [-0.25, -0.2) is 0 Å². The standard InChI is InChI=1S/C18H38N2/c1-16(2,3)14-20(7)15-18(11-9-8-10-12-18)13-19-17(4,5)6/h19H,8-15H2,1-7H3. The first-order valence-electron chi connectivity index (χ1n) is 8.45. The van der Waals surface area contributed by atoms with Crippen molar-refractivity contribution in [2.24, 2.45) is 10.8 Å². The molecule has 0 aromatic heterocycles. The minimum Gasteiger partial charge on any atom is -0.311 e. The van der Waals surface area contributed by atoms with E-state index in [9.17, 15) is 0 Å². The van der Waals surface area contributed by atoms with E-state index in [-0.39, 0.29) is 5.54 Å². The van der Waals surface area contributed by atoms with E-state index in [0.29, 0.717) is 10.8 Å². The largest absolute Gasteiger partial charge is 0.311 e.